The molecule has 1 N–H and O–H groups in total. The van der Waals surface area contributed by atoms with Gasteiger partial charge in [0, 0.05) is 18.8 Å². The first-order chi connectivity index (χ1) is 12.5. The van der Waals surface area contributed by atoms with E-state index in [0.29, 0.717) is 16.4 Å². The molecule has 0 aliphatic rings. The minimum atomic E-state index is -0.525. The minimum absolute atomic E-state index is 0.0192. The summed E-state index contributed by atoms with van der Waals surface area (Å²) < 4.78 is 11.3. The molecule has 0 aliphatic heterocycles. The number of fused-ring (bicyclic) bond motifs is 1. The monoisotopic (exact) mass is 375 g/mol. The lowest BCUT2D eigenvalue weighted by molar-refractivity contribution is -0.144. The number of pyridine rings is 1. The molecule has 0 bridgehead atoms. The zero-order chi connectivity index (χ0) is 18.5. The lowest BCUT2D eigenvalue weighted by Gasteiger charge is -2.07. The summed E-state index contributed by atoms with van der Waals surface area (Å²) in [5.74, 6) is -0.771. The number of aromatic nitrogens is 2. The highest BCUT2D eigenvalue weighted by atomic mass is 35.5. The maximum Gasteiger partial charge on any atom is 0.307 e. The van der Waals surface area contributed by atoms with Gasteiger partial charge in [0.25, 0.3) is 11.5 Å². The van der Waals surface area contributed by atoms with Gasteiger partial charge in [-0.05, 0) is 24.3 Å². The number of amides is 1. The van der Waals surface area contributed by atoms with Crippen LogP contribution in [-0.4, -0.2) is 27.8 Å². The normalized spacial score (nSPS) is 10.7. The maximum absolute atomic E-state index is 12.0. The zero-order valence-corrected chi connectivity index (χ0v) is 14.2. The van der Waals surface area contributed by atoms with Crippen LogP contribution in [-0.2, 0) is 16.1 Å². The van der Waals surface area contributed by atoms with Crippen LogP contribution in [0.2, 0.25) is 5.02 Å². The molecule has 0 radical (unpaired) electrons. The summed E-state index contributed by atoms with van der Waals surface area (Å²) >= 11 is 5.84. The number of nitrogens with one attached hydrogen (secondary N) is 1. The first-order valence-corrected chi connectivity index (χ1v) is 8.06. The van der Waals surface area contributed by atoms with Crippen LogP contribution in [0.15, 0.2) is 52.0 Å². The van der Waals surface area contributed by atoms with Gasteiger partial charge in [-0.25, -0.2) is 4.98 Å². The summed E-state index contributed by atoms with van der Waals surface area (Å²) in [5.41, 5.74) is 0.401. The molecule has 8 nitrogen and oxygen atoms in total. The molecule has 0 saturated carbocycles. The quantitative estimate of drug-likeness (QED) is 0.659. The summed E-state index contributed by atoms with van der Waals surface area (Å²) in [5, 5.41) is 2.95. The topological polar surface area (TPSA) is 103 Å². The van der Waals surface area contributed by atoms with Crippen molar-refractivity contribution in [2.24, 2.45) is 0 Å². The Hall–Kier alpha value is -3.13. The Morgan fingerprint density at radius 2 is 2.15 bits per heavy atom. The SMILES string of the molecule is O=C(CCNC(=O)c1ccco1)OCc1cc(=O)n2cc(Cl)ccc2n1. The number of rotatable bonds is 6. The molecule has 0 aromatic carbocycles. The van der Waals surface area contributed by atoms with E-state index in [-0.39, 0.29) is 30.9 Å². The van der Waals surface area contributed by atoms with E-state index >= 15 is 0 Å². The van der Waals surface area contributed by atoms with E-state index < -0.39 is 11.9 Å². The first-order valence-electron chi connectivity index (χ1n) is 7.68. The minimum Gasteiger partial charge on any atom is -0.459 e. The van der Waals surface area contributed by atoms with E-state index in [9.17, 15) is 14.4 Å². The standard InChI is InChI=1S/C17H14ClN3O5/c18-11-3-4-14-20-12(8-15(22)21(14)9-11)10-26-16(23)5-6-19-17(24)13-2-1-7-25-13/h1-4,7-9H,5-6,10H2,(H,19,24). The van der Waals surface area contributed by atoms with Crippen LogP contribution in [0.25, 0.3) is 5.65 Å². The molecule has 3 heterocycles. The number of ether oxygens (including phenoxy) is 1. The van der Waals surface area contributed by atoms with Crippen LogP contribution in [0.3, 0.4) is 0 Å². The van der Waals surface area contributed by atoms with Gasteiger partial charge < -0.3 is 14.5 Å². The van der Waals surface area contributed by atoms with Crippen molar-refractivity contribution >= 4 is 29.1 Å². The third kappa shape index (κ3) is 4.28. The molecule has 0 saturated heterocycles. The first kappa shape index (κ1) is 17.7. The number of carbonyl (C=O) groups is 2. The largest absolute Gasteiger partial charge is 0.459 e. The summed E-state index contributed by atoms with van der Waals surface area (Å²) in [6.07, 6.45) is 2.83. The predicted octanol–water partition coefficient (Wildman–Crippen LogP) is 1.80. The van der Waals surface area contributed by atoms with Gasteiger partial charge >= 0.3 is 5.97 Å². The van der Waals surface area contributed by atoms with Gasteiger partial charge in [-0.15, -0.1) is 0 Å². The van der Waals surface area contributed by atoms with E-state index in [0.717, 1.165) is 0 Å². The Morgan fingerprint density at radius 3 is 2.92 bits per heavy atom. The fraction of sp³-hybridized carbons (Fsp3) is 0.176. The molecule has 0 aliphatic carbocycles. The average molecular weight is 376 g/mol. The van der Waals surface area contributed by atoms with E-state index in [1.54, 1.807) is 18.2 Å². The molecule has 3 aromatic heterocycles. The molecular formula is C17H14ClN3O5. The van der Waals surface area contributed by atoms with Crippen molar-refractivity contribution in [2.75, 3.05) is 6.54 Å². The van der Waals surface area contributed by atoms with Crippen molar-refractivity contribution in [1.29, 1.82) is 0 Å². The Bertz CT molecular complexity index is 997. The molecule has 1 amide bonds. The lowest BCUT2D eigenvalue weighted by Crippen LogP contribution is -2.26. The number of nitrogens with zero attached hydrogens (tertiary/aromatic N) is 2. The smallest absolute Gasteiger partial charge is 0.307 e. The second-order valence-electron chi connectivity index (χ2n) is 5.31. The third-order valence-electron chi connectivity index (χ3n) is 3.42. The van der Waals surface area contributed by atoms with Crippen molar-refractivity contribution in [1.82, 2.24) is 14.7 Å². The Morgan fingerprint density at radius 1 is 1.31 bits per heavy atom. The van der Waals surface area contributed by atoms with Crippen molar-refractivity contribution in [2.45, 2.75) is 13.0 Å². The molecule has 9 heteroatoms. The van der Waals surface area contributed by atoms with Crippen LogP contribution in [0, 0.1) is 0 Å². The highest BCUT2D eigenvalue weighted by molar-refractivity contribution is 6.30. The second-order valence-corrected chi connectivity index (χ2v) is 5.74. The van der Waals surface area contributed by atoms with E-state index in [2.05, 4.69) is 10.3 Å². The fourth-order valence-corrected chi connectivity index (χ4v) is 2.36. The number of halogens is 1. The second kappa shape index (κ2) is 7.83. The molecule has 0 fully saturated rings. The summed E-state index contributed by atoms with van der Waals surface area (Å²) in [6.45, 7) is -0.0377. The molecule has 0 unspecified atom stereocenters. The van der Waals surface area contributed by atoms with Gasteiger partial charge in [-0.3, -0.25) is 18.8 Å². The van der Waals surface area contributed by atoms with Gasteiger partial charge in [0.2, 0.25) is 0 Å². The molecule has 3 aromatic rings. The predicted molar refractivity (Wildman–Crippen MR) is 91.9 cm³/mol. The molecule has 26 heavy (non-hydrogen) atoms. The molecule has 134 valence electrons. The molecule has 0 atom stereocenters. The highest BCUT2D eigenvalue weighted by Gasteiger charge is 2.10. The Kier molecular flexibility index (Phi) is 5.33. The Labute approximate surface area is 152 Å². The van der Waals surface area contributed by atoms with E-state index in [4.69, 9.17) is 20.8 Å². The zero-order valence-electron chi connectivity index (χ0n) is 13.5. The van der Waals surface area contributed by atoms with Gasteiger partial charge in [0.05, 0.1) is 23.4 Å². The van der Waals surface area contributed by atoms with Gasteiger partial charge in [0.1, 0.15) is 12.3 Å². The van der Waals surface area contributed by atoms with Gasteiger partial charge in [-0.2, -0.15) is 0 Å². The molecule has 3 rings (SSSR count). The third-order valence-corrected chi connectivity index (χ3v) is 3.64. The maximum atomic E-state index is 12.0. The van der Waals surface area contributed by atoms with Gasteiger partial charge in [0.15, 0.2) is 5.76 Å². The van der Waals surface area contributed by atoms with Crippen molar-refractivity contribution < 1.29 is 18.7 Å². The van der Waals surface area contributed by atoms with E-state index in [1.165, 1.54) is 29.0 Å². The number of furan rings is 1. The summed E-state index contributed by atoms with van der Waals surface area (Å²) in [7, 11) is 0. The van der Waals surface area contributed by atoms with Crippen molar-refractivity contribution in [3.63, 3.8) is 0 Å². The van der Waals surface area contributed by atoms with Crippen LogP contribution in [0.1, 0.15) is 22.7 Å². The van der Waals surface area contributed by atoms with E-state index in [1.807, 2.05) is 0 Å². The number of hydrogen-bond donors (Lipinski definition) is 1. The molecular weight excluding hydrogens is 362 g/mol. The fourth-order valence-electron chi connectivity index (χ4n) is 2.20. The van der Waals surface area contributed by atoms with Crippen molar-refractivity contribution in [3.05, 3.63) is 69.6 Å². The number of hydrogen-bond acceptors (Lipinski definition) is 6. The van der Waals surface area contributed by atoms with Crippen LogP contribution >= 0.6 is 11.6 Å². The Balaban J connectivity index is 1.51. The summed E-state index contributed by atoms with van der Waals surface area (Å²) in [6, 6.07) is 7.59. The van der Waals surface area contributed by atoms with Gasteiger partial charge in [-0.1, -0.05) is 11.6 Å². The van der Waals surface area contributed by atoms with Crippen LogP contribution < -0.4 is 10.9 Å². The molecule has 0 spiro atoms. The highest BCUT2D eigenvalue weighted by Crippen LogP contribution is 2.09. The summed E-state index contributed by atoms with van der Waals surface area (Å²) in [4.78, 5) is 39.7. The number of esters is 1. The van der Waals surface area contributed by atoms with Crippen LogP contribution in [0.4, 0.5) is 0 Å². The van der Waals surface area contributed by atoms with Crippen LogP contribution in [0.5, 0.6) is 0 Å². The lowest BCUT2D eigenvalue weighted by atomic mass is 10.3. The number of carbonyl (C=O) groups excluding carboxylic acids is 2. The van der Waals surface area contributed by atoms with Crippen molar-refractivity contribution in [3.8, 4) is 0 Å². The average Bonchev–Trinajstić information content (AvgIpc) is 3.15.